The number of carbonyl (C=O) groups is 1. The van der Waals surface area contributed by atoms with Crippen LogP contribution >= 0.6 is 0 Å². The molecule has 3 aliphatic rings. The summed E-state index contributed by atoms with van der Waals surface area (Å²) in [6.45, 7) is 4.52. The second kappa shape index (κ2) is 9.15. The van der Waals surface area contributed by atoms with E-state index >= 15 is 0 Å². The molecule has 1 saturated carbocycles. The summed E-state index contributed by atoms with van der Waals surface area (Å²) in [6, 6.07) is 22.2. The predicted octanol–water partition coefficient (Wildman–Crippen LogP) is 5.92. The third kappa shape index (κ3) is 3.79. The van der Waals surface area contributed by atoms with Crippen molar-refractivity contribution in [3.05, 3.63) is 66.2 Å². The molecule has 6 rings (SSSR count). The van der Waals surface area contributed by atoms with Gasteiger partial charge in [-0.2, -0.15) is 5.26 Å². The van der Waals surface area contributed by atoms with E-state index in [4.69, 9.17) is 9.47 Å². The average molecular weight is 482 g/mol. The number of carbonyl (C=O) groups excluding carboxylic acids is 1. The Morgan fingerprint density at radius 3 is 2.69 bits per heavy atom. The zero-order valence-corrected chi connectivity index (χ0v) is 20.7. The van der Waals surface area contributed by atoms with E-state index in [9.17, 15) is 10.1 Å². The van der Waals surface area contributed by atoms with Gasteiger partial charge in [-0.1, -0.05) is 37.3 Å². The van der Waals surface area contributed by atoms with Gasteiger partial charge in [-0.3, -0.25) is 4.79 Å². The van der Waals surface area contributed by atoms with Crippen molar-refractivity contribution in [2.45, 2.75) is 45.6 Å². The largest absolute Gasteiger partial charge is 0.494 e. The smallest absolute Gasteiger partial charge is 0.221 e. The number of ether oxygens (including phenoxy) is 2. The summed E-state index contributed by atoms with van der Waals surface area (Å²) < 4.78 is 12.6. The normalized spacial score (nSPS) is 28.2. The van der Waals surface area contributed by atoms with E-state index in [0.29, 0.717) is 35.8 Å². The van der Waals surface area contributed by atoms with Gasteiger partial charge in [0.05, 0.1) is 18.2 Å². The molecule has 2 unspecified atom stereocenters. The number of nitrogens with zero attached hydrogens (tertiary/aromatic N) is 2. The maximum Gasteiger partial charge on any atom is 0.221 e. The van der Waals surface area contributed by atoms with Crippen molar-refractivity contribution >= 4 is 28.1 Å². The minimum Gasteiger partial charge on any atom is -0.494 e. The Balaban J connectivity index is 1.20. The molecule has 6 atom stereocenters. The van der Waals surface area contributed by atoms with E-state index in [1.54, 1.807) is 0 Å². The van der Waals surface area contributed by atoms with Crippen LogP contribution in [0.4, 0.5) is 11.4 Å². The molecule has 1 amide bonds. The van der Waals surface area contributed by atoms with Gasteiger partial charge >= 0.3 is 0 Å². The summed E-state index contributed by atoms with van der Waals surface area (Å²) in [6.07, 6.45) is 3.55. The lowest BCUT2D eigenvalue weighted by atomic mass is 9.68. The number of nitriles is 1. The van der Waals surface area contributed by atoms with Crippen LogP contribution in [-0.4, -0.2) is 25.0 Å². The third-order valence-electron chi connectivity index (χ3n) is 8.34. The first-order valence-corrected chi connectivity index (χ1v) is 12.9. The van der Waals surface area contributed by atoms with Crippen LogP contribution in [-0.2, 0) is 9.53 Å². The first-order valence-electron chi connectivity index (χ1n) is 12.9. The van der Waals surface area contributed by atoms with Crippen LogP contribution in [0.15, 0.2) is 60.7 Å². The van der Waals surface area contributed by atoms with Crippen LogP contribution in [0.3, 0.4) is 0 Å². The Labute approximate surface area is 211 Å². The highest BCUT2D eigenvalue weighted by Crippen LogP contribution is 2.59. The summed E-state index contributed by atoms with van der Waals surface area (Å²) >= 11 is 0. The molecular weight excluding hydrogens is 450 g/mol. The Bertz CT molecular complexity index is 1350. The van der Waals surface area contributed by atoms with E-state index in [-0.39, 0.29) is 18.4 Å². The number of hydrogen-bond donors (Lipinski definition) is 1. The SMILES string of the molecule is CC(=O)Nc1cccc(OCC[C@H]2CC[C@@H](C)[C@H]3C4OC([C@@H]23)N4c2ccc(C#N)c3ccccc23)c1. The average Bonchev–Trinajstić information content (AvgIpc) is 3.42. The molecule has 0 spiro atoms. The lowest BCUT2D eigenvalue weighted by Gasteiger charge is -2.44. The predicted molar refractivity (Wildman–Crippen MR) is 140 cm³/mol. The minimum absolute atomic E-state index is 0.0761. The Kier molecular flexibility index (Phi) is 5.81. The monoisotopic (exact) mass is 481 g/mol. The van der Waals surface area contributed by atoms with Gasteiger partial charge in [0.25, 0.3) is 0 Å². The van der Waals surface area contributed by atoms with Crippen LogP contribution in [0.1, 0.15) is 38.7 Å². The van der Waals surface area contributed by atoms with Crippen molar-refractivity contribution in [2.24, 2.45) is 23.7 Å². The Morgan fingerprint density at radius 1 is 1.08 bits per heavy atom. The molecule has 2 heterocycles. The molecule has 36 heavy (non-hydrogen) atoms. The molecule has 3 fully saturated rings. The van der Waals surface area contributed by atoms with Crippen LogP contribution in [0.2, 0.25) is 0 Å². The second-order valence-corrected chi connectivity index (χ2v) is 10.4. The summed E-state index contributed by atoms with van der Waals surface area (Å²) in [7, 11) is 0. The first kappa shape index (κ1) is 22.9. The highest BCUT2D eigenvalue weighted by atomic mass is 16.6. The molecule has 2 bridgehead atoms. The van der Waals surface area contributed by atoms with Gasteiger partial charge in [0.1, 0.15) is 18.2 Å². The van der Waals surface area contributed by atoms with Crippen molar-refractivity contribution in [3.63, 3.8) is 0 Å². The third-order valence-corrected chi connectivity index (χ3v) is 8.34. The number of benzene rings is 3. The first-order chi connectivity index (χ1) is 17.5. The highest BCUT2D eigenvalue weighted by Gasteiger charge is 2.64. The van der Waals surface area contributed by atoms with Gasteiger partial charge in [-0.25, -0.2) is 0 Å². The number of nitrogens with one attached hydrogen (secondary N) is 1. The summed E-state index contributed by atoms with van der Waals surface area (Å²) in [4.78, 5) is 13.8. The standard InChI is InChI=1S/C30H31N3O3/c1-18-10-11-20(14-15-35-23-7-5-6-22(16-23)32-19(2)34)28-27(18)29-33(30(28)36-29)26-13-12-21(17-31)24-8-3-4-9-25(24)26/h3-9,12-13,16,18,20,27-30H,10-11,14-15H2,1-2H3,(H,32,34)/t18-,20-,27-,28+,29?,30?/m1/s1. The van der Waals surface area contributed by atoms with Crippen LogP contribution < -0.4 is 15.0 Å². The molecule has 3 aromatic carbocycles. The second-order valence-electron chi connectivity index (χ2n) is 10.4. The zero-order chi connectivity index (χ0) is 24.8. The molecule has 6 nitrogen and oxygen atoms in total. The molecule has 6 heteroatoms. The fourth-order valence-corrected chi connectivity index (χ4v) is 6.77. The number of amides is 1. The fourth-order valence-electron chi connectivity index (χ4n) is 6.77. The zero-order valence-electron chi connectivity index (χ0n) is 20.7. The summed E-state index contributed by atoms with van der Waals surface area (Å²) in [5.74, 6) is 2.82. The Hall–Kier alpha value is -3.56. The summed E-state index contributed by atoms with van der Waals surface area (Å²) in [5, 5.41) is 14.5. The molecule has 184 valence electrons. The number of hydrogen-bond acceptors (Lipinski definition) is 5. The lowest BCUT2D eigenvalue weighted by Crippen LogP contribution is -2.54. The molecule has 3 aromatic rings. The molecule has 2 saturated heterocycles. The van der Waals surface area contributed by atoms with Crippen LogP contribution in [0.25, 0.3) is 10.8 Å². The molecule has 0 aromatic heterocycles. The van der Waals surface area contributed by atoms with Crippen LogP contribution in [0.5, 0.6) is 5.75 Å². The van der Waals surface area contributed by atoms with E-state index in [0.717, 1.165) is 28.6 Å². The van der Waals surface area contributed by atoms with Crippen molar-refractivity contribution in [3.8, 4) is 11.8 Å². The van der Waals surface area contributed by atoms with Crippen molar-refractivity contribution in [2.75, 3.05) is 16.8 Å². The number of rotatable bonds is 6. The molecule has 1 aliphatic carbocycles. The molecule has 2 aliphatic heterocycles. The van der Waals surface area contributed by atoms with Crippen molar-refractivity contribution < 1.29 is 14.3 Å². The van der Waals surface area contributed by atoms with Gasteiger partial charge < -0.3 is 19.7 Å². The van der Waals surface area contributed by atoms with Gasteiger partial charge in [0, 0.05) is 47.0 Å². The van der Waals surface area contributed by atoms with Crippen molar-refractivity contribution in [1.29, 1.82) is 5.26 Å². The number of fused-ring (bicyclic) bond motifs is 6. The maximum atomic E-state index is 11.4. The molecular formula is C30H31N3O3. The molecule has 0 radical (unpaired) electrons. The van der Waals surface area contributed by atoms with E-state index in [1.165, 1.54) is 25.5 Å². The van der Waals surface area contributed by atoms with E-state index in [2.05, 4.69) is 35.3 Å². The highest BCUT2D eigenvalue weighted by molar-refractivity contribution is 5.98. The van der Waals surface area contributed by atoms with E-state index in [1.807, 2.05) is 48.5 Å². The van der Waals surface area contributed by atoms with E-state index < -0.39 is 0 Å². The fraction of sp³-hybridized carbons (Fsp3) is 0.400. The van der Waals surface area contributed by atoms with Gasteiger partial charge in [0.15, 0.2) is 0 Å². The number of anilines is 2. The Morgan fingerprint density at radius 2 is 1.89 bits per heavy atom. The van der Waals surface area contributed by atoms with Crippen LogP contribution in [0, 0.1) is 35.0 Å². The quantitative estimate of drug-likeness (QED) is 0.473. The van der Waals surface area contributed by atoms with Crippen molar-refractivity contribution in [1.82, 2.24) is 0 Å². The lowest BCUT2D eigenvalue weighted by molar-refractivity contribution is -0.114. The molecule has 1 N–H and O–H groups in total. The van der Waals surface area contributed by atoms with Gasteiger partial charge in [0.2, 0.25) is 5.91 Å². The van der Waals surface area contributed by atoms with Gasteiger partial charge in [-0.15, -0.1) is 0 Å². The topological polar surface area (TPSA) is 74.6 Å². The van der Waals surface area contributed by atoms with Gasteiger partial charge in [-0.05, 0) is 55.4 Å². The maximum absolute atomic E-state index is 11.4. The minimum atomic E-state index is -0.0886. The summed E-state index contributed by atoms with van der Waals surface area (Å²) in [5.41, 5.74) is 2.64.